The Morgan fingerprint density at radius 1 is 1.26 bits per heavy atom. The number of rotatable bonds is 2. The molecule has 1 aliphatic heterocycles. The van der Waals surface area contributed by atoms with Gasteiger partial charge in [-0.3, -0.25) is 4.79 Å². The van der Waals surface area contributed by atoms with Crippen molar-refractivity contribution < 1.29 is 9.53 Å². The average molecular weight is 256 g/mol. The van der Waals surface area contributed by atoms with Gasteiger partial charge in [0.2, 0.25) is 0 Å². The van der Waals surface area contributed by atoms with Crippen molar-refractivity contribution in [3.05, 3.63) is 29.3 Å². The quantitative estimate of drug-likeness (QED) is 0.755. The highest BCUT2D eigenvalue weighted by atomic mass is 16.5. The fourth-order valence-electron chi connectivity index (χ4n) is 4.36. The molecule has 1 aromatic rings. The number of carbonyl (C=O) groups excluding carboxylic acids is 1. The number of ketones is 1. The number of carbonyl (C=O) groups is 1. The zero-order valence-corrected chi connectivity index (χ0v) is 11.4. The summed E-state index contributed by atoms with van der Waals surface area (Å²) in [5, 5.41) is 0. The molecule has 0 amide bonds. The summed E-state index contributed by atoms with van der Waals surface area (Å²) in [7, 11) is 0. The standard InChI is InChI=1S/C17H20O2/c1-10-6-14-9-13(4-5-16(14)19-10)17(18)15-8-11-2-3-12(15)7-11/h4-5,9-12,15H,2-3,6-8H2,1H3. The molecule has 1 heterocycles. The largest absolute Gasteiger partial charge is 0.490 e. The molecule has 2 aliphatic carbocycles. The Bertz CT molecular complexity index is 534. The van der Waals surface area contributed by atoms with Gasteiger partial charge in [-0.25, -0.2) is 0 Å². The first-order chi connectivity index (χ1) is 9.20. The molecule has 2 bridgehead atoms. The number of fused-ring (bicyclic) bond motifs is 3. The second-order valence-corrected chi connectivity index (χ2v) is 6.60. The molecular formula is C17H20O2. The predicted octanol–water partition coefficient (Wildman–Crippen LogP) is 3.63. The van der Waals surface area contributed by atoms with Gasteiger partial charge in [0.05, 0.1) is 0 Å². The third-order valence-electron chi connectivity index (χ3n) is 5.26. The average Bonchev–Trinajstić information content (AvgIpc) is 3.09. The van der Waals surface area contributed by atoms with E-state index in [-0.39, 0.29) is 6.10 Å². The van der Waals surface area contributed by atoms with Crippen LogP contribution in [-0.4, -0.2) is 11.9 Å². The number of Topliss-reactive ketones (excluding diaryl/α,β-unsaturated/α-hetero) is 1. The lowest BCUT2D eigenvalue weighted by Crippen LogP contribution is -2.21. The van der Waals surface area contributed by atoms with E-state index in [9.17, 15) is 4.79 Å². The molecule has 0 radical (unpaired) electrons. The summed E-state index contributed by atoms with van der Waals surface area (Å²) in [4.78, 5) is 12.7. The monoisotopic (exact) mass is 256 g/mol. The van der Waals surface area contributed by atoms with E-state index in [1.54, 1.807) is 0 Å². The number of hydrogen-bond donors (Lipinski definition) is 0. The number of ether oxygens (including phenoxy) is 1. The predicted molar refractivity (Wildman–Crippen MR) is 73.5 cm³/mol. The second kappa shape index (κ2) is 4.09. The number of hydrogen-bond acceptors (Lipinski definition) is 2. The molecule has 2 fully saturated rings. The molecule has 4 unspecified atom stereocenters. The van der Waals surface area contributed by atoms with Crippen LogP contribution in [0.1, 0.15) is 48.5 Å². The van der Waals surface area contributed by atoms with Crippen LogP contribution >= 0.6 is 0 Å². The summed E-state index contributed by atoms with van der Waals surface area (Å²) >= 11 is 0. The van der Waals surface area contributed by atoms with Gasteiger partial charge in [0.15, 0.2) is 5.78 Å². The van der Waals surface area contributed by atoms with Gasteiger partial charge < -0.3 is 4.74 Å². The highest BCUT2D eigenvalue weighted by molar-refractivity contribution is 5.98. The summed E-state index contributed by atoms with van der Waals surface area (Å²) in [6, 6.07) is 6.03. The summed E-state index contributed by atoms with van der Waals surface area (Å²) < 4.78 is 5.71. The van der Waals surface area contributed by atoms with Crippen LogP contribution < -0.4 is 4.74 Å². The third kappa shape index (κ3) is 1.80. The van der Waals surface area contributed by atoms with Crippen molar-refractivity contribution in [3.63, 3.8) is 0 Å². The normalized spacial score (nSPS) is 35.2. The third-order valence-corrected chi connectivity index (χ3v) is 5.26. The van der Waals surface area contributed by atoms with E-state index < -0.39 is 0 Å². The Morgan fingerprint density at radius 2 is 2.16 bits per heavy atom. The highest BCUT2D eigenvalue weighted by Crippen LogP contribution is 2.49. The topological polar surface area (TPSA) is 26.3 Å². The first kappa shape index (κ1) is 11.5. The van der Waals surface area contributed by atoms with Gasteiger partial charge in [0.1, 0.15) is 11.9 Å². The van der Waals surface area contributed by atoms with Crippen molar-refractivity contribution >= 4 is 5.78 Å². The van der Waals surface area contributed by atoms with Gasteiger partial charge in [0, 0.05) is 17.9 Å². The molecule has 3 aliphatic rings. The molecule has 0 spiro atoms. The van der Waals surface area contributed by atoms with Crippen molar-refractivity contribution in [2.24, 2.45) is 17.8 Å². The van der Waals surface area contributed by atoms with Crippen molar-refractivity contribution in [1.29, 1.82) is 0 Å². The van der Waals surface area contributed by atoms with Gasteiger partial charge in [-0.15, -0.1) is 0 Å². The Morgan fingerprint density at radius 3 is 2.89 bits per heavy atom. The fraction of sp³-hybridized carbons (Fsp3) is 0.588. The van der Waals surface area contributed by atoms with Gasteiger partial charge in [-0.1, -0.05) is 6.42 Å². The van der Waals surface area contributed by atoms with Gasteiger partial charge >= 0.3 is 0 Å². The molecular weight excluding hydrogens is 236 g/mol. The Labute approximate surface area is 114 Å². The second-order valence-electron chi connectivity index (χ2n) is 6.60. The maximum absolute atomic E-state index is 12.7. The highest BCUT2D eigenvalue weighted by Gasteiger charge is 2.43. The van der Waals surface area contributed by atoms with Crippen LogP contribution in [0.3, 0.4) is 0 Å². The molecule has 2 saturated carbocycles. The van der Waals surface area contributed by atoms with Crippen molar-refractivity contribution in [3.8, 4) is 5.75 Å². The van der Waals surface area contributed by atoms with Crippen LogP contribution in [0.4, 0.5) is 0 Å². The summed E-state index contributed by atoms with van der Waals surface area (Å²) in [5.41, 5.74) is 2.12. The molecule has 19 heavy (non-hydrogen) atoms. The zero-order valence-electron chi connectivity index (χ0n) is 11.4. The van der Waals surface area contributed by atoms with Crippen LogP contribution in [0.5, 0.6) is 5.75 Å². The van der Waals surface area contributed by atoms with E-state index in [1.165, 1.54) is 24.8 Å². The Hall–Kier alpha value is -1.31. The van der Waals surface area contributed by atoms with Crippen molar-refractivity contribution in [2.75, 3.05) is 0 Å². The van der Waals surface area contributed by atoms with E-state index in [1.807, 2.05) is 12.1 Å². The maximum Gasteiger partial charge on any atom is 0.166 e. The van der Waals surface area contributed by atoms with E-state index in [0.717, 1.165) is 30.1 Å². The molecule has 0 saturated heterocycles. The fourth-order valence-corrected chi connectivity index (χ4v) is 4.36. The SMILES string of the molecule is CC1Cc2cc(C(=O)C3CC4CCC3C4)ccc2O1. The lowest BCUT2D eigenvalue weighted by Gasteiger charge is -2.20. The molecule has 100 valence electrons. The lowest BCUT2D eigenvalue weighted by atomic mass is 9.83. The molecule has 2 nitrogen and oxygen atoms in total. The minimum atomic E-state index is 0.253. The summed E-state index contributed by atoms with van der Waals surface area (Å²) in [6.45, 7) is 2.08. The Kier molecular flexibility index (Phi) is 2.48. The van der Waals surface area contributed by atoms with E-state index in [0.29, 0.717) is 17.6 Å². The van der Waals surface area contributed by atoms with Crippen molar-refractivity contribution in [1.82, 2.24) is 0 Å². The zero-order chi connectivity index (χ0) is 13.0. The molecule has 0 N–H and O–H groups in total. The first-order valence-electron chi connectivity index (χ1n) is 7.54. The van der Waals surface area contributed by atoms with Crippen LogP contribution in [0.2, 0.25) is 0 Å². The maximum atomic E-state index is 12.7. The van der Waals surface area contributed by atoms with Crippen LogP contribution in [-0.2, 0) is 6.42 Å². The Balaban J connectivity index is 1.60. The number of benzene rings is 1. The van der Waals surface area contributed by atoms with Crippen LogP contribution in [0.15, 0.2) is 18.2 Å². The summed E-state index contributed by atoms with van der Waals surface area (Å²) in [5.74, 6) is 3.15. The van der Waals surface area contributed by atoms with E-state index in [4.69, 9.17) is 4.74 Å². The molecule has 4 atom stereocenters. The van der Waals surface area contributed by atoms with E-state index >= 15 is 0 Å². The molecule has 4 rings (SSSR count). The molecule has 2 heteroatoms. The molecule has 1 aromatic carbocycles. The van der Waals surface area contributed by atoms with Crippen molar-refractivity contribution in [2.45, 2.75) is 45.1 Å². The van der Waals surface area contributed by atoms with Gasteiger partial charge in [-0.2, -0.15) is 0 Å². The smallest absolute Gasteiger partial charge is 0.166 e. The minimum Gasteiger partial charge on any atom is -0.490 e. The first-order valence-corrected chi connectivity index (χ1v) is 7.54. The van der Waals surface area contributed by atoms with Gasteiger partial charge in [0.25, 0.3) is 0 Å². The van der Waals surface area contributed by atoms with Crippen LogP contribution in [0.25, 0.3) is 0 Å². The van der Waals surface area contributed by atoms with Gasteiger partial charge in [-0.05, 0) is 61.8 Å². The van der Waals surface area contributed by atoms with Crippen LogP contribution in [0, 0.1) is 17.8 Å². The molecule has 0 aromatic heterocycles. The summed E-state index contributed by atoms with van der Waals surface area (Å²) in [6.07, 6.45) is 6.24. The minimum absolute atomic E-state index is 0.253. The lowest BCUT2D eigenvalue weighted by molar-refractivity contribution is 0.0874. The van der Waals surface area contributed by atoms with E-state index in [2.05, 4.69) is 13.0 Å².